The van der Waals surface area contributed by atoms with Crippen molar-refractivity contribution in [3.05, 3.63) is 46.4 Å². The molecule has 1 aliphatic rings. The first-order valence-electron chi connectivity index (χ1n) is 8.20. The Labute approximate surface area is 167 Å². The molecule has 1 fully saturated rings. The van der Waals surface area contributed by atoms with Crippen LogP contribution in [0.5, 0.6) is 11.5 Å². The molecule has 0 saturated carbocycles. The van der Waals surface area contributed by atoms with E-state index in [-0.39, 0.29) is 24.8 Å². The van der Waals surface area contributed by atoms with Crippen molar-refractivity contribution in [3.63, 3.8) is 0 Å². The van der Waals surface area contributed by atoms with Crippen molar-refractivity contribution in [1.82, 2.24) is 0 Å². The maximum absolute atomic E-state index is 12.6. The van der Waals surface area contributed by atoms with Crippen molar-refractivity contribution < 1.29 is 19.1 Å². The third kappa shape index (κ3) is 4.28. The highest BCUT2D eigenvalue weighted by atomic mass is 35.5. The minimum Gasteiger partial charge on any atom is -0.497 e. The third-order valence-corrected chi connectivity index (χ3v) is 4.74. The number of nitrogens with one attached hydrogen (secondary N) is 1. The zero-order valence-electron chi connectivity index (χ0n) is 14.8. The molecule has 0 aromatic heterocycles. The molecule has 0 bridgehead atoms. The molecule has 1 aliphatic heterocycles. The Morgan fingerprint density at radius 1 is 1.11 bits per heavy atom. The number of carbonyl (C=O) groups is 2. The van der Waals surface area contributed by atoms with Crippen molar-refractivity contribution in [2.24, 2.45) is 5.92 Å². The van der Waals surface area contributed by atoms with Gasteiger partial charge in [-0.15, -0.1) is 0 Å². The van der Waals surface area contributed by atoms with Gasteiger partial charge < -0.3 is 19.7 Å². The average Bonchev–Trinajstić information content (AvgIpc) is 3.02. The lowest BCUT2D eigenvalue weighted by molar-refractivity contribution is -0.122. The van der Waals surface area contributed by atoms with Gasteiger partial charge in [-0.25, -0.2) is 0 Å². The first-order chi connectivity index (χ1) is 12.9. The lowest BCUT2D eigenvalue weighted by atomic mass is 10.1. The highest BCUT2D eigenvalue weighted by Gasteiger charge is 2.36. The van der Waals surface area contributed by atoms with Gasteiger partial charge in [-0.2, -0.15) is 0 Å². The molecule has 8 heteroatoms. The van der Waals surface area contributed by atoms with Gasteiger partial charge in [0.2, 0.25) is 11.8 Å². The van der Waals surface area contributed by atoms with Gasteiger partial charge in [0.15, 0.2) is 0 Å². The van der Waals surface area contributed by atoms with Crippen LogP contribution in [-0.4, -0.2) is 32.6 Å². The van der Waals surface area contributed by atoms with Crippen molar-refractivity contribution >= 4 is 46.4 Å². The second-order valence-corrected chi connectivity index (χ2v) is 6.96. The van der Waals surface area contributed by atoms with E-state index in [4.69, 9.17) is 32.7 Å². The molecule has 27 heavy (non-hydrogen) atoms. The van der Waals surface area contributed by atoms with E-state index in [2.05, 4.69) is 5.32 Å². The molecule has 142 valence electrons. The fourth-order valence-corrected chi connectivity index (χ4v) is 3.52. The van der Waals surface area contributed by atoms with Crippen molar-refractivity contribution in [1.29, 1.82) is 0 Å². The number of anilines is 2. The van der Waals surface area contributed by atoms with Crippen LogP contribution in [0.15, 0.2) is 36.4 Å². The smallest absolute Gasteiger partial charge is 0.229 e. The molecule has 6 nitrogen and oxygen atoms in total. The topological polar surface area (TPSA) is 67.9 Å². The normalized spacial score (nSPS) is 16.4. The van der Waals surface area contributed by atoms with Gasteiger partial charge in [0, 0.05) is 34.8 Å². The number of halogens is 2. The summed E-state index contributed by atoms with van der Waals surface area (Å²) in [6.07, 6.45) is 0.0977. The minimum absolute atomic E-state index is 0.0977. The number of amides is 2. The number of carbonyl (C=O) groups excluding carboxylic acids is 2. The largest absolute Gasteiger partial charge is 0.497 e. The van der Waals surface area contributed by atoms with Crippen molar-refractivity contribution in [2.45, 2.75) is 6.42 Å². The Balaban J connectivity index is 1.78. The predicted octanol–water partition coefficient (Wildman–Crippen LogP) is 4.00. The van der Waals surface area contributed by atoms with Crippen LogP contribution < -0.4 is 19.7 Å². The first-order valence-corrected chi connectivity index (χ1v) is 8.96. The molecule has 3 rings (SSSR count). The number of hydrogen-bond donors (Lipinski definition) is 1. The Hall–Kier alpha value is -2.44. The van der Waals surface area contributed by atoms with E-state index in [0.717, 1.165) is 0 Å². The van der Waals surface area contributed by atoms with Crippen LogP contribution in [-0.2, 0) is 9.59 Å². The molecule has 2 amide bonds. The van der Waals surface area contributed by atoms with E-state index < -0.39 is 5.92 Å². The number of rotatable bonds is 5. The average molecular weight is 409 g/mol. The molecule has 0 unspecified atom stereocenters. The molecule has 0 spiro atoms. The van der Waals surface area contributed by atoms with Crippen LogP contribution in [0.25, 0.3) is 0 Å². The molecule has 2 aromatic rings. The Kier molecular flexibility index (Phi) is 5.77. The second-order valence-electron chi connectivity index (χ2n) is 6.09. The van der Waals surface area contributed by atoms with Gasteiger partial charge in [0.25, 0.3) is 0 Å². The van der Waals surface area contributed by atoms with E-state index >= 15 is 0 Å². The predicted molar refractivity (Wildman–Crippen MR) is 105 cm³/mol. The molecule has 0 radical (unpaired) electrons. The van der Waals surface area contributed by atoms with Gasteiger partial charge in [0.1, 0.15) is 11.5 Å². The summed E-state index contributed by atoms with van der Waals surface area (Å²) < 4.78 is 10.6. The summed E-state index contributed by atoms with van der Waals surface area (Å²) in [7, 11) is 3.07. The number of benzene rings is 2. The fraction of sp³-hybridized carbons (Fsp3) is 0.263. The van der Waals surface area contributed by atoms with E-state index in [1.807, 2.05) is 0 Å². The Morgan fingerprint density at radius 3 is 2.44 bits per heavy atom. The second kappa shape index (κ2) is 8.06. The maximum Gasteiger partial charge on any atom is 0.229 e. The summed E-state index contributed by atoms with van der Waals surface area (Å²) >= 11 is 11.9. The maximum atomic E-state index is 12.6. The quantitative estimate of drug-likeness (QED) is 0.811. The number of ether oxygens (including phenoxy) is 2. The summed E-state index contributed by atoms with van der Waals surface area (Å²) in [5.74, 6) is 0.190. The van der Waals surface area contributed by atoms with E-state index in [1.165, 1.54) is 12.0 Å². The molecule has 2 aromatic carbocycles. The van der Waals surface area contributed by atoms with Crippen molar-refractivity contribution in [3.8, 4) is 11.5 Å². The zero-order chi connectivity index (χ0) is 19.6. The van der Waals surface area contributed by atoms with E-state index in [9.17, 15) is 9.59 Å². The summed E-state index contributed by atoms with van der Waals surface area (Å²) in [6, 6.07) is 9.97. The lowest BCUT2D eigenvalue weighted by Gasteiger charge is -2.20. The molecule has 1 heterocycles. The summed E-state index contributed by atoms with van der Waals surface area (Å²) in [5.41, 5.74) is 1.06. The van der Waals surface area contributed by atoms with Gasteiger partial charge in [0.05, 0.1) is 25.8 Å². The number of methoxy groups -OCH3 is 2. The number of hydrogen-bond acceptors (Lipinski definition) is 4. The van der Waals surface area contributed by atoms with Crippen LogP contribution >= 0.6 is 23.2 Å². The van der Waals surface area contributed by atoms with E-state index in [1.54, 1.807) is 43.5 Å². The molecular formula is C19H18Cl2N2O4. The fourth-order valence-electron chi connectivity index (χ4n) is 2.99. The van der Waals surface area contributed by atoms with Gasteiger partial charge in [-0.05, 0) is 30.3 Å². The summed E-state index contributed by atoms with van der Waals surface area (Å²) in [5, 5.41) is 3.61. The summed E-state index contributed by atoms with van der Waals surface area (Å²) in [4.78, 5) is 26.7. The van der Waals surface area contributed by atoms with Crippen LogP contribution in [0.1, 0.15) is 6.42 Å². The third-order valence-electron chi connectivity index (χ3n) is 4.30. The molecule has 1 N–H and O–H groups in total. The van der Waals surface area contributed by atoms with E-state index in [0.29, 0.717) is 32.9 Å². The molecule has 0 aliphatic carbocycles. The van der Waals surface area contributed by atoms with Gasteiger partial charge in [-0.3, -0.25) is 9.59 Å². The molecule has 1 atom stereocenters. The molecular weight excluding hydrogens is 391 g/mol. The first kappa shape index (κ1) is 19.3. The summed E-state index contributed by atoms with van der Waals surface area (Å²) in [6.45, 7) is 0.239. The molecule has 1 saturated heterocycles. The highest BCUT2D eigenvalue weighted by molar-refractivity contribution is 6.35. The highest BCUT2D eigenvalue weighted by Crippen LogP contribution is 2.36. The van der Waals surface area contributed by atoms with Gasteiger partial charge in [-0.1, -0.05) is 23.2 Å². The Bertz CT molecular complexity index is 868. The van der Waals surface area contributed by atoms with Crippen LogP contribution in [0.3, 0.4) is 0 Å². The van der Waals surface area contributed by atoms with Crippen LogP contribution in [0.4, 0.5) is 11.4 Å². The zero-order valence-corrected chi connectivity index (χ0v) is 16.3. The van der Waals surface area contributed by atoms with Crippen LogP contribution in [0.2, 0.25) is 10.0 Å². The lowest BCUT2D eigenvalue weighted by Crippen LogP contribution is -2.28. The van der Waals surface area contributed by atoms with Crippen LogP contribution in [0, 0.1) is 5.92 Å². The van der Waals surface area contributed by atoms with Crippen molar-refractivity contribution in [2.75, 3.05) is 31.0 Å². The number of nitrogens with zero attached hydrogens (tertiary/aromatic N) is 1. The Morgan fingerprint density at radius 2 is 1.81 bits per heavy atom. The standard InChI is InChI=1S/C19H18Cl2N2O4/c1-26-15-3-4-17(27-2)16(9-15)23-10-11(5-18(23)24)19(25)22-14-7-12(20)6-13(21)8-14/h3-4,6-9,11H,5,10H2,1-2H3,(H,22,25)/t11-/m0/s1. The van der Waals surface area contributed by atoms with Gasteiger partial charge >= 0.3 is 0 Å². The monoisotopic (exact) mass is 408 g/mol. The minimum atomic E-state index is -0.508. The SMILES string of the molecule is COc1ccc(OC)c(N2C[C@@H](C(=O)Nc3cc(Cl)cc(Cl)c3)CC2=O)c1.